The van der Waals surface area contributed by atoms with Crippen LogP contribution in [0.3, 0.4) is 0 Å². The van der Waals surface area contributed by atoms with E-state index in [4.69, 9.17) is 0 Å². The molecule has 0 atom stereocenters. The topological polar surface area (TPSA) is 74.8 Å². The fourth-order valence-corrected chi connectivity index (χ4v) is 2.84. The van der Waals surface area contributed by atoms with Crippen LogP contribution in [0, 0.1) is 27.7 Å². The fraction of sp³-hybridized carbons (Fsp3) is 0.389. The van der Waals surface area contributed by atoms with Crippen LogP contribution < -0.4 is 5.32 Å². The number of anilines is 1. The van der Waals surface area contributed by atoms with Gasteiger partial charge in [0.05, 0.1) is 0 Å². The molecule has 0 unspecified atom stereocenters. The van der Waals surface area contributed by atoms with Crippen molar-refractivity contribution < 1.29 is 9.59 Å². The molecule has 2 rings (SSSR count). The number of aromatic amines is 1. The Morgan fingerprint density at radius 2 is 1.70 bits per heavy atom. The number of nitrogens with one attached hydrogen (secondary N) is 2. The number of amides is 1. The summed E-state index contributed by atoms with van der Waals surface area (Å²) in [5.74, 6) is 0.495. The number of H-pyrrole nitrogens is 1. The first-order valence-corrected chi connectivity index (χ1v) is 7.79. The van der Waals surface area contributed by atoms with E-state index >= 15 is 0 Å². The van der Waals surface area contributed by atoms with Crippen molar-refractivity contribution in [3.05, 3.63) is 46.1 Å². The molecule has 122 valence electrons. The van der Waals surface area contributed by atoms with E-state index in [1.807, 2.05) is 39.8 Å². The lowest BCUT2D eigenvalue weighted by Crippen LogP contribution is -2.13. The smallest absolute Gasteiger partial charge is 0.225 e. The van der Waals surface area contributed by atoms with Crippen molar-refractivity contribution in [2.75, 3.05) is 5.32 Å². The van der Waals surface area contributed by atoms with E-state index < -0.39 is 0 Å². The molecule has 1 heterocycles. The predicted octanol–water partition coefficient (Wildman–Crippen LogP) is 3.64. The zero-order valence-electron chi connectivity index (χ0n) is 14.1. The molecule has 0 saturated heterocycles. The molecule has 5 nitrogen and oxygen atoms in total. The molecule has 2 aromatic rings. The summed E-state index contributed by atoms with van der Waals surface area (Å²) in [6.07, 6.45) is 1.21. The van der Waals surface area contributed by atoms with Gasteiger partial charge in [0.1, 0.15) is 0 Å². The summed E-state index contributed by atoms with van der Waals surface area (Å²) >= 11 is 0. The minimum atomic E-state index is -0.123. The molecule has 0 aliphatic rings. The van der Waals surface area contributed by atoms with E-state index in [1.54, 1.807) is 6.07 Å². The summed E-state index contributed by atoms with van der Waals surface area (Å²) in [5.41, 5.74) is 4.85. The van der Waals surface area contributed by atoms with Crippen LogP contribution in [0.2, 0.25) is 0 Å². The van der Waals surface area contributed by atoms with Gasteiger partial charge >= 0.3 is 0 Å². The molecular weight excluding hydrogens is 290 g/mol. The summed E-state index contributed by atoms with van der Waals surface area (Å²) in [6, 6.07) is 5.81. The molecule has 0 aliphatic carbocycles. The van der Waals surface area contributed by atoms with E-state index in [-0.39, 0.29) is 11.7 Å². The number of nitrogens with zero attached hydrogens (tertiary/aromatic N) is 1. The van der Waals surface area contributed by atoms with E-state index in [1.165, 1.54) is 0 Å². The average molecular weight is 313 g/mol. The number of carbonyl (C=O) groups is 2. The van der Waals surface area contributed by atoms with Gasteiger partial charge < -0.3 is 5.32 Å². The van der Waals surface area contributed by atoms with Crippen molar-refractivity contribution in [2.24, 2.45) is 0 Å². The predicted molar refractivity (Wildman–Crippen MR) is 90.8 cm³/mol. The van der Waals surface area contributed by atoms with Crippen LogP contribution in [0.25, 0.3) is 0 Å². The second-order valence-corrected chi connectivity index (χ2v) is 6.03. The Kier molecular flexibility index (Phi) is 5.32. The molecular formula is C18H23N3O2. The maximum Gasteiger partial charge on any atom is 0.225 e. The highest BCUT2D eigenvalue weighted by Crippen LogP contribution is 2.19. The standard InChI is InChI=1S/C18H23N3O2/c1-11-8-12(2)18(13(3)9-11)15(22)6-5-7-17(23)19-16-10-14(4)20-21-16/h8-10H,5-7H2,1-4H3,(H2,19,20,21,23). The lowest BCUT2D eigenvalue weighted by Gasteiger charge is -2.10. The Balaban J connectivity index is 1.86. The molecule has 0 bridgehead atoms. The number of aromatic nitrogens is 2. The van der Waals surface area contributed by atoms with Gasteiger partial charge in [-0.05, 0) is 45.2 Å². The average Bonchev–Trinajstić information content (AvgIpc) is 2.82. The van der Waals surface area contributed by atoms with Crippen molar-refractivity contribution in [3.63, 3.8) is 0 Å². The number of rotatable bonds is 6. The lowest BCUT2D eigenvalue weighted by molar-refractivity contribution is -0.116. The Hall–Kier alpha value is -2.43. The van der Waals surface area contributed by atoms with E-state index in [2.05, 4.69) is 15.5 Å². The Bertz CT molecular complexity index is 709. The first-order chi connectivity index (χ1) is 10.9. The van der Waals surface area contributed by atoms with Gasteiger partial charge in [0.25, 0.3) is 0 Å². The summed E-state index contributed by atoms with van der Waals surface area (Å²) in [6.45, 7) is 7.81. The third kappa shape index (κ3) is 4.52. The maximum absolute atomic E-state index is 12.4. The number of benzene rings is 1. The van der Waals surface area contributed by atoms with Gasteiger partial charge in [-0.2, -0.15) is 5.10 Å². The van der Waals surface area contributed by atoms with Crippen LogP contribution in [0.1, 0.15) is 52.0 Å². The zero-order chi connectivity index (χ0) is 17.0. The first-order valence-electron chi connectivity index (χ1n) is 7.79. The summed E-state index contributed by atoms with van der Waals surface area (Å²) < 4.78 is 0. The second kappa shape index (κ2) is 7.22. The molecule has 0 aliphatic heterocycles. The molecule has 1 amide bonds. The van der Waals surface area contributed by atoms with Crippen molar-refractivity contribution in [1.29, 1.82) is 0 Å². The van der Waals surface area contributed by atoms with Gasteiger partial charge in [0, 0.05) is 30.2 Å². The maximum atomic E-state index is 12.4. The van der Waals surface area contributed by atoms with Crippen LogP contribution in [0.5, 0.6) is 0 Å². The number of hydrogen-bond donors (Lipinski definition) is 2. The van der Waals surface area contributed by atoms with Gasteiger partial charge in [-0.25, -0.2) is 0 Å². The van der Waals surface area contributed by atoms with Crippen LogP contribution in [0.15, 0.2) is 18.2 Å². The van der Waals surface area contributed by atoms with E-state index in [0.29, 0.717) is 25.1 Å². The van der Waals surface area contributed by atoms with Crippen molar-refractivity contribution >= 4 is 17.5 Å². The zero-order valence-corrected chi connectivity index (χ0v) is 14.1. The Morgan fingerprint density at radius 1 is 1.04 bits per heavy atom. The fourth-order valence-electron chi connectivity index (χ4n) is 2.84. The SMILES string of the molecule is Cc1cc(C)c(C(=O)CCCC(=O)Nc2cc(C)[nH]n2)c(C)c1. The minimum Gasteiger partial charge on any atom is -0.309 e. The number of hydrogen-bond acceptors (Lipinski definition) is 3. The van der Waals surface area contributed by atoms with E-state index in [0.717, 1.165) is 27.9 Å². The summed E-state index contributed by atoms with van der Waals surface area (Å²) in [4.78, 5) is 24.2. The van der Waals surface area contributed by atoms with Crippen molar-refractivity contribution in [2.45, 2.75) is 47.0 Å². The van der Waals surface area contributed by atoms with Gasteiger partial charge in [-0.15, -0.1) is 0 Å². The van der Waals surface area contributed by atoms with Gasteiger partial charge in [-0.1, -0.05) is 17.7 Å². The van der Waals surface area contributed by atoms with E-state index in [9.17, 15) is 9.59 Å². The van der Waals surface area contributed by atoms with Gasteiger partial charge in [0.2, 0.25) is 5.91 Å². The highest BCUT2D eigenvalue weighted by molar-refractivity contribution is 5.99. The van der Waals surface area contributed by atoms with Crippen molar-refractivity contribution in [3.8, 4) is 0 Å². The monoisotopic (exact) mass is 313 g/mol. The number of aryl methyl sites for hydroxylation is 4. The molecule has 1 aromatic carbocycles. The first kappa shape index (κ1) is 16.9. The van der Waals surface area contributed by atoms with Crippen LogP contribution >= 0.6 is 0 Å². The van der Waals surface area contributed by atoms with Crippen LogP contribution in [-0.2, 0) is 4.79 Å². The van der Waals surface area contributed by atoms with Crippen LogP contribution in [-0.4, -0.2) is 21.9 Å². The largest absolute Gasteiger partial charge is 0.309 e. The Morgan fingerprint density at radius 3 is 2.26 bits per heavy atom. The highest BCUT2D eigenvalue weighted by Gasteiger charge is 2.13. The van der Waals surface area contributed by atoms with Crippen LogP contribution in [0.4, 0.5) is 5.82 Å². The third-order valence-corrected chi connectivity index (χ3v) is 3.74. The molecule has 2 N–H and O–H groups in total. The number of ketones is 1. The molecule has 23 heavy (non-hydrogen) atoms. The number of carbonyl (C=O) groups excluding carboxylic acids is 2. The number of Topliss-reactive ketones (excluding diaryl/α,β-unsaturated/α-hetero) is 1. The molecule has 5 heteroatoms. The van der Waals surface area contributed by atoms with Crippen molar-refractivity contribution in [1.82, 2.24) is 10.2 Å². The van der Waals surface area contributed by atoms with Gasteiger partial charge in [0.15, 0.2) is 11.6 Å². The second-order valence-electron chi connectivity index (χ2n) is 6.03. The molecule has 0 radical (unpaired) electrons. The minimum absolute atomic E-state index is 0.100. The lowest BCUT2D eigenvalue weighted by atomic mass is 9.94. The van der Waals surface area contributed by atoms with Gasteiger partial charge in [-0.3, -0.25) is 14.7 Å². The normalized spacial score (nSPS) is 10.6. The summed E-state index contributed by atoms with van der Waals surface area (Å²) in [5, 5.41) is 9.44. The quantitative estimate of drug-likeness (QED) is 0.800. The summed E-state index contributed by atoms with van der Waals surface area (Å²) in [7, 11) is 0. The Labute approximate surface area is 136 Å². The molecule has 1 aromatic heterocycles. The molecule has 0 spiro atoms. The highest BCUT2D eigenvalue weighted by atomic mass is 16.1. The molecule has 0 fully saturated rings. The third-order valence-electron chi connectivity index (χ3n) is 3.74. The molecule has 0 saturated carbocycles.